The summed E-state index contributed by atoms with van der Waals surface area (Å²) in [5.74, 6) is -0.465. The molecule has 25 heavy (non-hydrogen) atoms. The molecular formula is C21H26N2O2. The van der Waals surface area contributed by atoms with Crippen LogP contribution in [0.3, 0.4) is 0 Å². The second-order valence-corrected chi connectivity index (χ2v) is 6.67. The molecule has 0 aliphatic rings. The minimum absolute atomic E-state index is 0.223. The molecule has 0 atom stereocenters. The minimum Gasteiger partial charge on any atom is -0.355 e. The van der Waals surface area contributed by atoms with Crippen LogP contribution < -0.4 is 10.2 Å². The largest absolute Gasteiger partial charge is 0.355 e. The number of hydrogen-bond donors (Lipinski definition) is 1. The second kappa shape index (κ2) is 8.47. The lowest BCUT2D eigenvalue weighted by atomic mass is 9.90. The van der Waals surface area contributed by atoms with Gasteiger partial charge in [0.1, 0.15) is 5.41 Å². The van der Waals surface area contributed by atoms with Gasteiger partial charge in [0, 0.05) is 19.3 Å². The molecule has 0 heterocycles. The lowest BCUT2D eigenvalue weighted by Gasteiger charge is -2.28. The summed E-state index contributed by atoms with van der Waals surface area (Å²) in [5, 5.41) is 2.89. The van der Waals surface area contributed by atoms with Crippen LogP contribution in [0.25, 0.3) is 0 Å². The summed E-state index contributed by atoms with van der Waals surface area (Å²) in [6.07, 6.45) is 1.74. The maximum atomic E-state index is 12.7. The number of rotatable bonds is 7. The number of nitrogens with zero attached hydrogens (tertiary/aromatic N) is 1. The summed E-state index contributed by atoms with van der Waals surface area (Å²) < 4.78 is 0. The molecule has 0 aliphatic carbocycles. The van der Waals surface area contributed by atoms with Gasteiger partial charge in [-0.05, 0) is 44.4 Å². The molecule has 0 spiro atoms. The molecule has 0 bridgehead atoms. The Balaban J connectivity index is 1.87. The average Bonchev–Trinajstić information content (AvgIpc) is 2.65. The number of carbonyl (C=O) groups excluding carboxylic acids is 2. The Labute approximate surface area is 149 Å². The molecule has 1 N–H and O–H groups in total. The van der Waals surface area contributed by atoms with Gasteiger partial charge in [-0.3, -0.25) is 9.59 Å². The van der Waals surface area contributed by atoms with Crippen molar-refractivity contribution in [2.45, 2.75) is 26.7 Å². The molecule has 0 unspecified atom stereocenters. The first-order chi connectivity index (χ1) is 11.9. The standard InChI is InChI=1S/C21H26N2O2/c1-21(2,20(25)23(3)18-14-8-5-9-15-18)19(24)22-16-10-13-17-11-6-4-7-12-17/h4-9,11-12,14-15H,10,13,16H2,1-3H3,(H,22,24). The van der Waals surface area contributed by atoms with E-state index < -0.39 is 5.41 Å². The maximum absolute atomic E-state index is 12.7. The molecule has 0 saturated carbocycles. The van der Waals surface area contributed by atoms with E-state index in [1.807, 2.05) is 48.5 Å². The highest BCUT2D eigenvalue weighted by Gasteiger charge is 2.38. The van der Waals surface area contributed by atoms with Crippen LogP contribution in [0.15, 0.2) is 60.7 Å². The fraction of sp³-hybridized carbons (Fsp3) is 0.333. The van der Waals surface area contributed by atoms with E-state index in [0.717, 1.165) is 18.5 Å². The molecule has 2 aromatic carbocycles. The van der Waals surface area contributed by atoms with E-state index in [-0.39, 0.29) is 11.8 Å². The number of aryl methyl sites for hydroxylation is 1. The Morgan fingerprint density at radius 2 is 1.52 bits per heavy atom. The Kier molecular flexibility index (Phi) is 6.34. The molecule has 2 rings (SSSR count). The highest BCUT2D eigenvalue weighted by molar-refractivity contribution is 6.10. The monoisotopic (exact) mass is 338 g/mol. The number of hydrogen-bond acceptors (Lipinski definition) is 2. The lowest BCUT2D eigenvalue weighted by molar-refractivity contribution is -0.139. The van der Waals surface area contributed by atoms with Crippen molar-refractivity contribution in [1.82, 2.24) is 5.32 Å². The summed E-state index contributed by atoms with van der Waals surface area (Å²) in [6.45, 7) is 3.89. The van der Waals surface area contributed by atoms with Crippen molar-refractivity contribution in [2.24, 2.45) is 5.41 Å². The van der Waals surface area contributed by atoms with Crippen molar-refractivity contribution in [3.8, 4) is 0 Å². The van der Waals surface area contributed by atoms with Gasteiger partial charge in [0.05, 0.1) is 0 Å². The normalized spacial score (nSPS) is 11.0. The molecule has 0 aliphatic heterocycles. The van der Waals surface area contributed by atoms with Crippen molar-refractivity contribution in [3.05, 3.63) is 66.2 Å². The van der Waals surface area contributed by atoms with E-state index in [0.29, 0.717) is 6.54 Å². The van der Waals surface area contributed by atoms with Gasteiger partial charge in [-0.25, -0.2) is 0 Å². The first-order valence-electron chi connectivity index (χ1n) is 8.58. The molecule has 4 heteroatoms. The fourth-order valence-corrected chi connectivity index (χ4v) is 2.65. The summed E-state index contributed by atoms with van der Waals surface area (Å²) in [7, 11) is 1.70. The van der Waals surface area contributed by atoms with Gasteiger partial charge in [0.15, 0.2) is 0 Å². The average molecular weight is 338 g/mol. The molecule has 4 nitrogen and oxygen atoms in total. The van der Waals surface area contributed by atoms with E-state index in [2.05, 4.69) is 17.4 Å². The number of carbonyl (C=O) groups is 2. The fourth-order valence-electron chi connectivity index (χ4n) is 2.65. The van der Waals surface area contributed by atoms with E-state index >= 15 is 0 Å². The van der Waals surface area contributed by atoms with E-state index in [9.17, 15) is 9.59 Å². The number of nitrogens with one attached hydrogen (secondary N) is 1. The zero-order valence-corrected chi connectivity index (χ0v) is 15.2. The SMILES string of the molecule is CN(C(=O)C(C)(C)C(=O)NCCCc1ccccc1)c1ccccc1. The van der Waals surface area contributed by atoms with Crippen LogP contribution >= 0.6 is 0 Å². The van der Waals surface area contributed by atoms with Crippen LogP contribution in [0, 0.1) is 5.41 Å². The zero-order valence-electron chi connectivity index (χ0n) is 15.2. The summed E-state index contributed by atoms with van der Waals surface area (Å²) >= 11 is 0. The lowest BCUT2D eigenvalue weighted by Crippen LogP contribution is -2.48. The highest BCUT2D eigenvalue weighted by atomic mass is 16.2. The van der Waals surface area contributed by atoms with E-state index in [1.165, 1.54) is 10.5 Å². The van der Waals surface area contributed by atoms with Crippen LogP contribution in [0.2, 0.25) is 0 Å². The highest BCUT2D eigenvalue weighted by Crippen LogP contribution is 2.23. The topological polar surface area (TPSA) is 49.4 Å². The quantitative estimate of drug-likeness (QED) is 0.621. The summed E-state index contributed by atoms with van der Waals surface area (Å²) in [4.78, 5) is 26.8. The molecule has 2 aromatic rings. The number of benzene rings is 2. The van der Waals surface area contributed by atoms with Gasteiger partial charge in [-0.2, -0.15) is 0 Å². The predicted octanol–water partition coefficient (Wildman–Crippen LogP) is 3.42. The van der Waals surface area contributed by atoms with Crippen molar-refractivity contribution in [3.63, 3.8) is 0 Å². The predicted molar refractivity (Wildman–Crippen MR) is 101 cm³/mol. The van der Waals surface area contributed by atoms with E-state index in [1.54, 1.807) is 20.9 Å². The molecule has 2 amide bonds. The zero-order chi connectivity index (χ0) is 18.3. The van der Waals surface area contributed by atoms with Crippen molar-refractivity contribution < 1.29 is 9.59 Å². The molecule has 0 aromatic heterocycles. The summed E-state index contributed by atoms with van der Waals surface area (Å²) in [5.41, 5.74) is 0.908. The van der Waals surface area contributed by atoms with Crippen LogP contribution in [0.5, 0.6) is 0 Å². The van der Waals surface area contributed by atoms with Gasteiger partial charge in [-0.15, -0.1) is 0 Å². The molecule has 132 valence electrons. The third kappa shape index (κ3) is 4.92. The molecule has 0 fully saturated rings. The van der Waals surface area contributed by atoms with Crippen molar-refractivity contribution >= 4 is 17.5 Å². The van der Waals surface area contributed by atoms with Gasteiger partial charge in [0.2, 0.25) is 11.8 Å². The Morgan fingerprint density at radius 3 is 2.12 bits per heavy atom. The maximum Gasteiger partial charge on any atom is 0.241 e. The summed E-state index contributed by atoms with van der Waals surface area (Å²) in [6, 6.07) is 19.5. The smallest absolute Gasteiger partial charge is 0.241 e. The molecule has 0 saturated heterocycles. The minimum atomic E-state index is -1.11. The number of anilines is 1. The molecular weight excluding hydrogens is 312 g/mol. The van der Waals surface area contributed by atoms with E-state index in [4.69, 9.17) is 0 Å². The first kappa shape index (κ1) is 18.7. The van der Waals surface area contributed by atoms with Crippen molar-refractivity contribution in [1.29, 1.82) is 0 Å². The Bertz CT molecular complexity index is 696. The molecule has 0 radical (unpaired) electrons. The third-order valence-electron chi connectivity index (χ3n) is 4.32. The van der Waals surface area contributed by atoms with Gasteiger partial charge in [0.25, 0.3) is 0 Å². The van der Waals surface area contributed by atoms with Crippen LogP contribution in [-0.2, 0) is 16.0 Å². The van der Waals surface area contributed by atoms with Gasteiger partial charge < -0.3 is 10.2 Å². The Morgan fingerprint density at radius 1 is 0.960 bits per heavy atom. The second-order valence-electron chi connectivity index (χ2n) is 6.67. The van der Waals surface area contributed by atoms with Gasteiger partial charge >= 0.3 is 0 Å². The number of amides is 2. The Hall–Kier alpha value is -2.62. The van der Waals surface area contributed by atoms with Crippen LogP contribution in [0.1, 0.15) is 25.8 Å². The van der Waals surface area contributed by atoms with Crippen LogP contribution in [0.4, 0.5) is 5.69 Å². The first-order valence-corrected chi connectivity index (χ1v) is 8.58. The van der Waals surface area contributed by atoms with Crippen molar-refractivity contribution in [2.75, 3.05) is 18.5 Å². The van der Waals surface area contributed by atoms with Crippen LogP contribution in [-0.4, -0.2) is 25.4 Å². The third-order valence-corrected chi connectivity index (χ3v) is 4.32. The number of para-hydroxylation sites is 1. The van der Waals surface area contributed by atoms with Gasteiger partial charge in [-0.1, -0.05) is 48.5 Å².